The maximum absolute atomic E-state index is 14.9. The number of hydrogen-bond donors (Lipinski definition) is 3. The summed E-state index contributed by atoms with van der Waals surface area (Å²) >= 11 is 0. The number of nitrogens with one attached hydrogen (secondary N) is 1. The van der Waals surface area contributed by atoms with Crippen molar-refractivity contribution in [3.8, 4) is 0 Å². The number of carbonyl (C=O) groups is 2. The Bertz CT molecular complexity index is 2170. The van der Waals surface area contributed by atoms with Crippen LogP contribution in [0.1, 0.15) is 133 Å². The van der Waals surface area contributed by atoms with Gasteiger partial charge in [0.2, 0.25) is 5.91 Å². The Labute approximate surface area is 321 Å². The van der Waals surface area contributed by atoms with Crippen molar-refractivity contribution in [2.24, 2.45) is 28.6 Å². The van der Waals surface area contributed by atoms with Gasteiger partial charge in [0.05, 0.1) is 34.5 Å². The lowest BCUT2D eigenvalue weighted by molar-refractivity contribution is -0.144. The lowest BCUT2D eigenvalue weighted by Gasteiger charge is -2.64. The molecule has 0 bridgehead atoms. The summed E-state index contributed by atoms with van der Waals surface area (Å²) < 4.78 is 47.0. The van der Waals surface area contributed by atoms with Gasteiger partial charge in [-0.1, -0.05) is 51.2 Å². The van der Waals surface area contributed by atoms with E-state index in [0.717, 1.165) is 53.3 Å². The van der Waals surface area contributed by atoms with Gasteiger partial charge in [0.25, 0.3) is 0 Å². The lowest BCUT2D eigenvalue weighted by atomic mass is 9.40. The number of Topliss-reactive ketones (excluding diaryl/α,β-unsaturated/α-hetero) is 1. The molecule has 2 aromatic rings. The monoisotopic (exact) mass is 760 g/mol. The van der Waals surface area contributed by atoms with E-state index in [4.69, 9.17) is 4.74 Å². The number of allylic oxidation sites excluding steroid dienone is 3. The molecule has 8 rings (SSSR count). The van der Waals surface area contributed by atoms with Gasteiger partial charge in [-0.2, -0.15) is 13.2 Å². The average Bonchev–Trinajstić information content (AvgIpc) is 3.74. The summed E-state index contributed by atoms with van der Waals surface area (Å²) in [5.41, 5.74) is 4.92. The highest BCUT2D eigenvalue weighted by molar-refractivity contribution is 6.18. The number of alkyl halides is 3. The van der Waals surface area contributed by atoms with Crippen LogP contribution in [0.3, 0.4) is 0 Å². The molecule has 1 aromatic heterocycles. The molecule has 0 saturated heterocycles. The van der Waals surface area contributed by atoms with Crippen molar-refractivity contribution in [3.05, 3.63) is 76.0 Å². The first-order valence-electron chi connectivity index (χ1n) is 19.8. The minimum atomic E-state index is -4.50. The van der Waals surface area contributed by atoms with Gasteiger partial charge in [-0.15, -0.1) is 0 Å². The zero-order valence-corrected chi connectivity index (χ0v) is 33.5. The fourth-order valence-corrected chi connectivity index (χ4v) is 12.9. The van der Waals surface area contributed by atoms with Crippen molar-refractivity contribution in [2.45, 2.75) is 135 Å². The minimum Gasteiger partial charge on any atom is -0.392 e. The molecule has 6 aliphatic rings. The molecule has 296 valence electrons. The highest BCUT2D eigenvalue weighted by Gasteiger charge is 2.68. The number of fused-ring (bicyclic) bond motifs is 11. The molecule has 4 aliphatic carbocycles. The maximum Gasteiger partial charge on any atom is 0.405 e. The van der Waals surface area contributed by atoms with Crippen LogP contribution in [-0.4, -0.2) is 56.5 Å². The first kappa shape index (κ1) is 38.4. The smallest absolute Gasteiger partial charge is 0.392 e. The maximum atomic E-state index is 14.9. The third kappa shape index (κ3) is 5.12. The van der Waals surface area contributed by atoms with Crippen molar-refractivity contribution in [2.75, 3.05) is 6.54 Å². The second-order valence-electron chi connectivity index (χ2n) is 19.3. The quantitative estimate of drug-likeness (QED) is 0.161. The Hall–Kier alpha value is -3.47. The number of amides is 1. The topological polar surface area (TPSA) is 101 Å². The van der Waals surface area contributed by atoms with E-state index >= 15 is 0 Å². The van der Waals surface area contributed by atoms with Crippen molar-refractivity contribution in [3.63, 3.8) is 0 Å². The number of hydrogen-bond acceptors (Lipinski definition) is 5. The second kappa shape index (κ2) is 11.8. The fraction of sp³-hybridized carbons (Fsp3) is 0.600. The number of aliphatic hydroxyl groups excluding tert-OH is 2. The van der Waals surface area contributed by atoms with Crippen molar-refractivity contribution >= 4 is 28.2 Å². The Morgan fingerprint density at radius 3 is 2.44 bits per heavy atom. The van der Waals surface area contributed by atoms with Crippen LogP contribution in [-0.2, 0) is 21.4 Å². The molecule has 1 aromatic carbocycles. The van der Waals surface area contributed by atoms with E-state index in [2.05, 4.69) is 44.1 Å². The Balaban J connectivity index is 1.27. The number of ether oxygens (including phenoxy) is 1. The van der Waals surface area contributed by atoms with E-state index in [-0.39, 0.29) is 34.0 Å². The molecule has 7 nitrogen and oxygen atoms in total. The van der Waals surface area contributed by atoms with E-state index in [0.29, 0.717) is 23.5 Å². The number of nitrogens with zero attached hydrogens (tertiary/aromatic N) is 1. The molecule has 55 heavy (non-hydrogen) atoms. The molecule has 9 unspecified atom stereocenters. The lowest BCUT2D eigenvalue weighted by Crippen LogP contribution is -2.62. The van der Waals surface area contributed by atoms with Crippen LogP contribution in [0, 0.1) is 28.6 Å². The van der Waals surface area contributed by atoms with Crippen LogP contribution in [0.2, 0.25) is 0 Å². The fourth-order valence-electron chi connectivity index (χ4n) is 12.9. The van der Waals surface area contributed by atoms with Crippen LogP contribution in [0.4, 0.5) is 13.2 Å². The predicted molar refractivity (Wildman–Crippen MR) is 206 cm³/mol. The van der Waals surface area contributed by atoms with Crippen molar-refractivity contribution in [1.82, 2.24) is 9.88 Å². The number of ketones is 1. The van der Waals surface area contributed by atoms with Gasteiger partial charge in [0.1, 0.15) is 12.6 Å². The third-order valence-corrected chi connectivity index (χ3v) is 15.2. The van der Waals surface area contributed by atoms with Crippen LogP contribution in [0.15, 0.2) is 48.1 Å². The highest BCUT2D eigenvalue weighted by Crippen LogP contribution is 2.71. The summed E-state index contributed by atoms with van der Waals surface area (Å²) in [5, 5.41) is 26.9. The van der Waals surface area contributed by atoms with Crippen LogP contribution < -0.4 is 5.32 Å². The first-order valence-corrected chi connectivity index (χ1v) is 19.8. The van der Waals surface area contributed by atoms with Crippen LogP contribution in [0.5, 0.6) is 0 Å². The molecule has 2 aliphatic heterocycles. The summed E-state index contributed by atoms with van der Waals surface area (Å²) in [5.74, 6) is -0.812. The summed E-state index contributed by atoms with van der Waals surface area (Å²) in [4.78, 5) is 27.3. The molecular weight excluding hydrogens is 705 g/mol. The standard InChI is InChI=1S/C45H55F3N2O5/c1-22(2)34-37(53)32-31-25(28-20-40(4,5)55-41(6,7)33(28)36(31)52)19-26-27-18-24-13-14-29-42(8,16-11-12-23(3)39(54)49-21-45(46,47)48)30(51)15-17-43(29,9)44(24,10)38(27)50(34)35(26)32/h11-12,16,19-20,24,29-30,33-34,36,51-52H,1,13-15,17-18,21H2,2-10H3,(H,49,54)/b16-11+,23-12+. The largest absolute Gasteiger partial charge is 0.405 e. The number of aromatic nitrogens is 1. The molecule has 0 radical (unpaired) electrons. The summed E-state index contributed by atoms with van der Waals surface area (Å²) in [7, 11) is 0. The molecule has 2 fully saturated rings. The third-order valence-electron chi connectivity index (χ3n) is 15.2. The Morgan fingerprint density at radius 2 is 1.78 bits per heavy atom. The number of rotatable bonds is 5. The SMILES string of the molecule is C=C(C)C1C(=O)c2c3c(cc4c5c(n1c24)C1(C)C(CCC2C(C)(/C=C/C=C(\C)C(=O)NCC(F)(F)F)C(O)CCC21C)C5)C1=CC(C)(C)OC(C)(C)C1C3O. The Kier molecular flexibility index (Phi) is 8.23. The van der Waals surface area contributed by atoms with Gasteiger partial charge < -0.3 is 24.8 Å². The normalized spacial score (nSPS) is 37.0. The predicted octanol–water partition coefficient (Wildman–Crippen LogP) is 8.78. The molecule has 3 heterocycles. The first-order chi connectivity index (χ1) is 25.4. The molecule has 1 amide bonds. The molecule has 3 N–H and O–H groups in total. The van der Waals surface area contributed by atoms with E-state index in [1.807, 2.05) is 46.0 Å². The van der Waals surface area contributed by atoms with E-state index in [1.54, 1.807) is 6.08 Å². The zero-order valence-electron chi connectivity index (χ0n) is 33.5. The number of benzene rings is 1. The van der Waals surface area contributed by atoms with Gasteiger partial charge >= 0.3 is 6.18 Å². The van der Waals surface area contributed by atoms with Gasteiger partial charge in [-0.05, 0) is 120 Å². The van der Waals surface area contributed by atoms with Gasteiger partial charge in [0, 0.05) is 39.0 Å². The number of carbonyl (C=O) groups excluding carboxylic acids is 2. The van der Waals surface area contributed by atoms with Crippen LogP contribution in [0.25, 0.3) is 16.5 Å². The van der Waals surface area contributed by atoms with E-state index in [1.165, 1.54) is 24.3 Å². The van der Waals surface area contributed by atoms with E-state index < -0.39 is 53.5 Å². The molecule has 10 heteroatoms. The van der Waals surface area contributed by atoms with Crippen molar-refractivity contribution < 1.29 is 37.7 Å². The van der Waals surface area contributed by atoms with Gasteiger partial charge in [-0.25, -0.2) is 0 Å². The van der Waals surface area contributed by atoms with Crippen molar-refractivity contribution in [1.29, 1.82) is 0 Å². The summed E-state index contributed by atoms with van der Waals surface area (Å²) in [6.45, 7) is 21.3. The second-order valence-corrected chi connectivity index (χ2v) is 19.3. The summed E-state index contributed by atoms with van der Waals surface area (Å²) in [6, 6.07) is 1.65. The molecule has 9 atom stereocenters. The zero-order chi connectivity index (χ0) is 40.2. The van der Waals surface area contributed by atoms with Crippen LogP contribution >= 0.6 is 0 Å². The summed E-state index contributed by atoms with van der Waals surface area (Å²) in [6.07, 6.45) is 5.25. The highest BCUT2D eigenvalue weighted by atomic mass is 19.4. The molecule has 2 saturated carbocycles. The van der Waals surface area contributed by atoms with E-state index in [9.17, 15) is 33.0 Å². The average molecular weight is 761 g/mol. The number of halogens is 3. The minimum absolute atomic E-state index is 0.0232. The Morgan fingerprint density at radius 1 is 1.09 bits per heavy atom. The number of aliphatic hydroxyl groups is 2. The molecular formula is C45H55F3N2O5. The molecule has 0 spiro atoms. The van der Waals surface area contributed by atoms with Gasteiger partial charge in [0.15, 0.2) is 5.78 Å². The van der Waals surface area contributed by atoms with Gasteiger partial charge in [-0.3, -0.25) is 9.59 Å².